The number of carbonyl (C=O) groups excluding carboxylic acids is 1. The van der Waals surface area contributed by atoms with Crippen LogP contribution >= 0.6 is 11.6 Å². The van der Waals surface area contributed by atoms with Gasteiger partial charge in [0.05, 0.1) is 17.6 Å². The molecule has 1 aromatic carbocycles. The first kappa shape index (κ1) is 23.4. The molecular weight excluding hydrogens is 459 g/mol. The van der Waals surface area contributed by atoms with E-state index in [1.54, 1.807) is 0 Å². The molecule has 3 aromatic rings. The number of nitrogens with zero attached hydrogens (tertiary/aromatic N) is 4. The molecule has 2 atom stereocenters. The van der Waals surface area contributed by atoms with Gasteiger partial charge in [-0.05, 0) is 30.7 Å². The normalized spacial score (nSPS) is 13.7. The molecule has 2 aromatic heterocycles. The van der Waals surface area contributed by atoms with E-state index in [0.717, 1.165) is 18.2 Å². The Kier molecular flexibility index (Phi) is 6.34. The van der Waals surface area contributed by atoms with E-state index in [4.69, 9.17) is 11.6 Å². The monoisotopic (exact) mass is 473 g/mol. The van der Waals surface area contributed by atoms with Gasteiger partial charge in [-0.1, -0.05) is 11.6 Å². The fraction of sp³-hybridized carbons (Fsp3) is 0.278. The third kappa shape index (κ3) is 4.49. The van der Waals surface area contributed by atoms with Crippen LogP contribution in [0.4, 0.5) is 18.9 Å². The highest BCUT2D eigenvalue weighted by molar-refractivity contribution is 6.36. The van der Waals surface area contributed by atoms with Crippen LogP contribution in [0.25, 0.3) is 5.65 Å². The maximum Gasteiger partial charge on any atom is 0.433 e. The molecular formula is C18H15ClF3N5O5. The summed E-state index contributed by atoms with van der Waals surface area (Å²) < 4.78 is 40.4. The molecule has 32 heavy (non-hydrogen) atoms. The summed E-state index contributed by atoms with van der Waals surface area (Å²) in [7, 11) is 0. The van der Waals surface area contributed by atoms with Gasteiger partial charge in [0.15, 0.2) is 11.3 Å². The summed E-state index contributed by atoms with van der Waals surface area (Å²) in [5, 5.41) is 36.2. The Morgan fingerprint density at radius 3 is 2.50 bits per heavy atom. The molecule has 10 nitrogen and oxygen atoms in total. The van der Waals surface area contributed by atoms with Crippen molar-refractivity contribution in [2.75, 3.05) is 6.61 Å². The van der Waals surface area contributed by atoms with E-state index in [0.29, 0.717) is 4.52 Å². The SMILES string of the molecule is Cc1cc(C(F)(F)F)n2nc(C(=O)NC(CO)C(O)c3ccc([N+](=O)[O-])cc3)c(Cl)c2n1. The largest absolute Gasteiger partial charge is 0.433 e. The average Bonchev–Trinajstić information content (AvgIpc) is 3.06. The topological polar surface area (TPSA) is 143 Å². The van der Waals surface area contributed by atoms with Crippen molar-refractivity contribution in [3.63, 3.8) is 0 Å². The number of nitro groups is 1. The summed E-state index contributed by atoms with van der Waals surface area (Å²) in [6, 6.07) is 4.14. The number of amides is 1. The molecule has 170 valence electrons. The summed E-state index contributed by atoms with van der Waals surface area (Å²) in [5.41, 5.74) is -2.26. The number of hydrogen-bond donors (Lipinski definition) is 3. The smallest absolute Gasteiger partial charge is 0.394 e. The van der Waals surface area contributed by atoms with Crippen LogP contribution in [0.5, 0.6) is 0 Å². The van der Waals surface area contributed by atoms with Crippen LogP contribution in [-0.4, -0.2) is 48.3 Å². The van der Waals surface area contributed by atoms with Crippen LogP contribution in [0.3, 0.4) is 0 Å². The molecule has 2 unspecified atom stereocenters. The zero-order valence-corrected chi connectivity index (χ0v) is 16.9. The van der Waals surface area contributed by atoms with E-state index in [1.807, 2.05) is 0 Å². The van der Waals surface area contributed by atoms with Crippen LogP contribution in [0.2, 0.25) is 5.02 Å². The zero-order chi connectivity index (χ0) is 23.8. The molecule has 0 saturated carbocycles. The molecule has 1 amide bonds. The molecule has 0 radical (unpaired) electrons. The second-order valence-corrected chi connectivity index (χ2v) is 7.11. The number of fused-ring (bicyclic) bond motifs is 1. The highest BCUT2D eigenvalue weighted by atomic mass is 35.5. The number of hydrogen-bond acceptors (Lipinski definition) is 7. The van der Waals surface area contributed by atoms with E-state index >= 15 is 0 Å². The van der Waals surface area contributed by atoms with Gasteiger partial charge in [-0.2, -0.15) is 18.3 Å². The quantitative estimate of drug-likeness (QED) is 0.368. The lowest BCUT2D eigenvalue weighted by atomic mass is 10.0. The molecule has 0 spiro atoms. The van der Waals surface area contributed by atoms with Crippen molar-refractivity contribution in [2.24, 2.45) is 0 Å². The van der Waals surface area contributed by atoms with Gasteiger partial charge in [-0.15, -0.1) is 0 Å². The number of non-ortho nitro benzene ring substituents is 1. The van der Waals surface area contributed by atoms with Crippen molar-refractivity contribution >= 4 is 28.8 Å². The Labute approximate surface area is 182 Å². The number of benzene rings is 1. The number of aryl methyl sites for hydroxylation is 1. The maximum absolute atomic E-state index is 13.3. The number of aliphatic hydroxyl groups excluding tert-OH is 2. The fourth-order valence-electron chi connectivity index (χ4n) is 2.95. The van der Waals surface area contributed by atoms with Crippen molar-refractivity contribution in [3.05, 3.63) is 68.1 Å². The predicted octanol–water partition coefficient (Wildman–Crippen LogP) is 2.44. The standard InChI is InChI=1S/C18H15ClF3N5O5/c1-8-6-12(18(20,21)22)26-16(23-8)13(19)14(25-26)17(30)24-11(7-28)15(29)9-2-4-10(5-3-9)27(31)32/h2-6,11,15,28-29H,7H2,1H3,(H,24,30). The van der Waals surface area contributed by atoms with Gasteiger partial charge in [0.2, 0.25) is 0 Å². The lowest BCUT2D eigenvalue weighted by molar-refractivity contribution is -0.384. The fourth-order valence-corrected chi connectivity index (χ4v) is 3.19. The summed E-state index contributed by atoms with van der Waals surface area (Å²) in [5.74, 6) is -1.06. The molecule has 0 saturated heterocycles. The van der Waals surface area contributed by atoms with Crippen molar-refractivity contribution in [3.8, 4) is 0 Å². The number of carbonyl (C=O) groups is 1. The van der Waals surface area contributed by atoms with Crippen molar-refractivity contribution in [1.82, 2.24) is 19.9 Å². The number of halogens is 4. The second kappa shape index (κ2) is 8.68. The highest BCUT2D eigenvalue weighted by Gasteiger charge is 2.36. The lowest BCUT2D eigenvalue weighted by Gasteiger charge is -2.22. The maximum atomic E-state index is 13.3. The van der Waals surface area contributed by atoms with Gasteiger partial charge in [0.1, 0.15) is 16.8 Å². The van der Waals surface area contributed by atoms with E-state index in [1.165, 1.54) is 19.1 Å². The minimum Gasteiger partial charge on any atom is -0.394 e. The Bertz CT molecular complexity index is 1180. The summed E-state index contributed by atoms with van der Waals surface area (Å²) in [6.07, 6.45) is -6.29. The van der Waals surface area contributed by atoms with Crippen molar-refractivity contribution in [1.29, 1.82) is 0 Å². The Morgan fingerprint density at radius 2 is 1.97 bits per heavy atom. The number of alkyl halides is 3. The van der Waals surface area contributed by atoms with E-state index < -0.39 is 52.2 Å². The Morgan fingerprint density at radius 1 is 1.34 bits per heavy atom. The lowest BCUT2D eigenvalue weighted by Crippen LogP contribution is -2.42. The molecule has 3 rings (SSSR count). The van der Waals surface area contributed by atoms with Crippen molar-refractivity contribution in [2.45, 2.75) is 25.2 Å². The van der Waals surface area contributed by atoms with Gasteiger partial charge in [-0.3, -0.25) is 14.9 Å². The molecule has 14 heteroatoms. The predicted molar refractivity (Wildman–Crippen MR) is 104 cm³/mol. The first-order valence-corrected chi connectivity index (χ1v) is 9.29. The summed E-state index contributed by atoms with van der Waals surface area (Å²) in [6.45, 7) is 0.556. The van der Waals surface area contributed by atoms with Gasteiger partial charge >= 0.3 is 6.18 Å². The number of aliphatic hydroxyl groups is 2. The Hall–Kier alpha value is -3.29. The number of rotatable bonds is 6. The first-order chi connectivity index (χ1) is 14.9. The van der Waals surface area contributed by atoms with E-state index in [9.17, 15) is 38.3 Å². The molecule has 0 aliphatic carbocycles. The molecule has 0 fully saturated rings. The van der Waals surface area contributed by atoms with E-state index in [-0.39, 0.29) is 22.6 Å². The molecule has 0 aliphatic rings. The van der Waals surface area contributed by atoms with Gasteiger partial charge in [0, 0.05) is 17.8 Å². The van der Waals surface area contributed by atoms with Gasteiger partial charge in [-0.25, -0.2) is 9.50 Å². The van der Waals surface area contributed by atoms with Crippen LogP contribution in [0, 0.1) is 17.0 Å². The van der Waals surface area contributed by atoms with Gasteiger partial charge in [0.25, 0.3) is 11.6 Å². The minimum atomic E-state index is -4.80. The average molecular weight is 474 g/mol. The summed E-state index contributed by atoms with van der Waals surface area (Å²) in [4.78, 5) is 26.6. The van der Waals surface area contributed by atoms with Gasteiger partial charge < -0.3 is 15.5 Å². The van der Waals surface area contributed by atoms with Crippen LogP contribution in [0.1, 0.15) is 33.5 Å². The zero-order valence-electron chi connectivity index (χ0n) is 16.2. The van der Waals surface area contributed by atoms with E-state index in [2.05, 4.69) is 15.4 Å². The number of nitro benzene ring substituents is 1. The summed E-state index contributed by atoms with van der Waals surface area (Å²) >= 11 is 6.05. The highest BCUT2D eigenvalue weighted by Crippen LogP contribution is 2.32. The second-order valence-electron chi connectivity index (χ2n) is 6.73. The molecule has 0 bridgehead atoms. The Balaban J connectivity index is 1.91. The van der Waals surface area contributed by atoms with Crippen LogP contribution in [0.15, 0.2) is 30.3 Å². The van der Waals surface area contributed by atoms with Crippen molar-refractivity contribution < 1.29 is 33.1 Å². The molecule has 2 heterocycles. The first-order valence-electron chi connectivity index (χ1n) is 8.91. The minimum absolute atomic E-state index is 0.000381. The third-order valence-electron chi connectivity index (χ3n) is 4.51. The third-order valence-corrected chi connectivity index (χ3v) is 4.85. The number of aromatic nitrogens is 3. The molecule has 3 N–H and O–H groups in total. The number of nitrogens with one attached hydrogen (secondary N) is 1. The van der Waals surface area contributed by atoms with Crippen LogP contribution < -0.4 is 5.32 Å². The van der Waals surface area contributed by atoms with Crippen LogP contribution in [-0.2, 0) is 6.18 Å². The molecule has 0 aliphatic heterocycles.